The highest BCUT2D eigenvalue weighted by atomic mass is 28.3. The van der Waals surface area contributed by atoms with Gasteiger partial charge < -0.3 is 14.8 Å². The van der Waals surface area contributed by atoms with Gasteiger partial charge in [0.15, 0.2) is 5.71 Å². The van der Waals surface area contributed by atoms with Crippen LogP contribution in [0.25, 0.3) is 5.57 Å². The molecule has 4 aliphatic heterocycles. The molecule has 0 radical (unpaired) electrons. The number of carboxylic acids is 1. The Balaban J connectivity index is 1.43. The minimum atomic E-state index is -2.96. The van der Waals surface area contributed by atoms with Gasteiger partial charge in [-0.05, 0) is 69.1 Å². The van der Waals surface area contributed by atoms with Crippen molar-refractivity contribution in [1.29, 1.82) is 0 Å². The Bertz CT molecular complexity index is 1980. The van der Waals surface area contributed by atoms with Gasteiger partial charge in [0.2, 0.25) is 13.1 Å². The Labute approximate surface area is 272 Å². The quantitative estimate of drug-likeness (QED) is 0.213. The van der Waals surface area contributed by atoms with E-state index in [0.29, 0.717) is 33.2 Å². The summed E-state index contributed by atoms with van der Waals surface area (Å²) in [6.07, 6.45) is 4.99. The van der Waals surface area contributed by atoms with Gasteiger partial charge in [0.05, 0.1) is 24.2 Å². The molecule has 1 aliphatic carbocycles. The molecular formula is C34H28F4N3O6Si+. The van der Waals surface area contributed by atoms with E-state index < -0.39 is 69.9 Å². The third-order valence-electron chi connectivity index (χ3n) is 9.43. The Morgan fingerprint density at radius 3 is 2.27 bits per heavy atom. The fourth-order valence-corrected chi connectivity index (χ4v) is 9.96. The van der Waals surface area contributed by atoms with Crippen LogP contribution in [0, 0.1) is 0 Å². The van der Waals surface area contributed by atoms with E-state index in [1.807, 2.05) is 6.55 Å². The average molecular weight is 679 g/mol. The third-order valence-corrected chi connectivity index (χ3v) is 13.3. The first-order chi connectivity index (χ1) is 22.6. The molecule has 1 unspecified atom stereocenters. The number of hydrogen-bond donors (Lipinski definition) is 1. The number of carbonyl (C=O) groups is 4. The van der Waals surface area contributed by atoms with Crippen LogP contribution in [0.3, 0.4) is 0 Å². The number of hydroxylamine groups is 2. The van der Waals surface area contributed by atoms with Crippen molar-refractivity contribution in [2.45, 2.75) is 31.2 Å². The highest BCUT2D eigenvalue weighted by Crippen LogP contribution is 2.44. The van der Waals surface area contributed by atoms with Gasteiger partial charge in [0, 0.05) is 30.7 Å². The van der Waals surface area contributed by atoms with Gasteiger partial charge in [-0.25, -0.2) is 22.9 Å². The van der Waals surface area contributed by atoms with Gasteiger partial charge in [-0.1, -0.05) is 18.3 Å². The summed E-state index contributed by atoms with van der Waals surface area (Å²) in [5.41, 5.74) is 4.29. The number of anilines is 1. The molecule has 4 heterocycles. The summed E-state index contributed by atoms with van der Waals surface area (Å²) in [4.78, 5) is 56.7. The van der Waals surface area contributed by atoms with Crippen LogP contribution in [-0.4, -0.2) is 90.3 Å². The molecule has 1 atom stereocenters. The smallest absolute Gasteiger partial charge is 0.363 e. The second kappa shape index (κ2) is 10.7. The van der Waals surface area contributed by atoms with Crippen LogP contribution in [0.15, 0.2) is 77.7 Å². The maximum Gasteiger partial charge on any atom is 0.363 e. The van der Waals surface area contributed by atoms with E-state index in [-0.39, 0.29) is 29.5 Å². The zero-order valence-electron chi connectivity index (χ0n) is 25.6. The maximum absolute atomic E-state index is 13.9. The summed E-state index contributed by atoms with van der Waals surface area (Å²) in [5.74, 6) is -9.38. The molecule has 9 nitrogen and oxygen atoms in total. The minimum absolute atomic E-state index is 0.110. The summed E-state index contributed by atoms with van der Waals surface area (Å²) in [5, 5.41) is 12.2. The second-order valence-electron chi connectivity index (χ2n) is 12.7. The summed E-state index contributed by atoms with van der Waals surface area (Å²) < 4.78 is 57.0. The molecule has 5 aliphatic rings. The molecule has 48 heavy (non-hydrogen) atoms. The molecule has 1 N–H and O–H groups in total. The molecule has 3 fully saturated rings. The fraction of sp³-hybridized carbons (Fsp3) is 0.265. The molecule has 7 rings (SSSR count). The summed E-state index contributed by atoms with van der Waals surface area (Å²) >= 11 is 0. The molecule has 14 heteroatoms. The minimum Gasteiger partial charge on any atom is -0.478 e. The summed E-state index contributed by atoms with van der Waals surface area (Å²) in [6.45, 7) is 4.27. The van der Waals surface area contributed by atoms with Crippen molar-refractivity contribution >= 4 is 54.0 Å². The van der Waals surface area contributed by atoms with E-state index >= 15 is 0 Å². The number of nitrogens with zero attached hydrogens (tertiary/aromatic N) is 3. The standard InChI is InChI=1S/C34H27F4N3O6Si/c1-3-48(2)26-13-20(39-15-33(35,36)16-39)5-8-23(26)30(24-9-6-21(14-27(24)48)40-17-34(37,38)18-40)25-12-19(4-7-22(25)31(44)45)32(46)47-41-28(42)10-11-29(41)43/h3-9,12-14H,1,10-11,15-18H2,2H3/p+1. The SMILES string of the molecule is C=C[Si]1(C)C2=CC(=[N+]3CC(F)(F)C3)C=CC2=C(c2cc(C(=O)ON3C(=O)CCC3=O)ccc2C(=O)O)c2ccc(N3CC(F)(F)C3)cc21. The van der Waals surface area contributed by atoms with Crippen LogP contribution >= 0.6 is 0 Å². The predicted octanol–water partition coefficient (Wildman–Crippen LogP) is 4.03. The van der Waals surface area contributed by atoms with Crippen molar-refractivity contribution in [2.24, 2.45) is 0 Å². The molecule has 2 amide bonds. The van der Waals surface area contributed by atoms with Gasteiger partial charge in [-0.15, -0.1) is 11.6 Å². The molecule has 246 valence electrons. The lowest BCUT2D eigenvalue weighted by atomic mass is 9.86. The molecule has 0 spiro atoms. The third kappa shape index (κ3) is 5.02. The molecule has 0 saturated carbocycles. The zero-order chi connectivity index (χ0) is 34.3. The van der Waals surface area contributed by atoms with E-state index in [4.69, 9.17) is 4.84 Å². The first-order valence-corrected chi connectivity index (χ1v) is 17.7. The Morgan fingerprint density at radius 2 is 1.67 bits per heavy atom. The molecule has 2 aromatic rings. The monoisotopic (exact) mass is 678 g/mol. The molecule has 3 saturated heterocycles. The number of rotatable bonds is 6. The lowest BCUT2D eigenvalue weighted by molar-refractivity contribution is -0.638. The topological polar surface area (TPSA) is 107 Å². The Kier molecular flexibility index (Phi) is 7.02. The molecule has 2 aromatic carbocycles. The van der Waals surface area contributed by atoms with Crippen LogP contribution in [0.1, 0.15) is 44.7 Å². The number of halogens is 4. The number of hydrogen-bond acceptors (Lipinski definition) is 6. The lowest BCUT2D eigenvalue weighted by Gasteiger charge is -2.43. The zero-order valence-corrected chi connectivity index (χ0v) is 26.6. The van der Waals surface area contributed by atoms with Gasteiger partial charge in [0.1, 0.15) is 8.07 Å². The number of carboxylic acid groups (broad SMARTS) is 1. The number of amides is 2. The Morgan fingerprint density at radius 1 is 0.979 bits per heavy atom. The van der Waals surface area contributed by atoms with Gasteiger partial charge >= 0.3 is 17.9 Å². The maximum atomic E-state index is 13.9. The van der Waals surface area contributed by atoms with Crippen LogP contribution in [-0.2, 0) is 14.4 Å². The number of fused-ring (bicyclic) bond motifs is 2. The highest BCUT2D eigenvalue weighted by molar-refractivity contribution is 7.02. The number of allylic oxidation sites excluding steroid dienone is 5. The number of benzene rings is 2. The first-order valence-electron chi connectivity index (χ1n) is 15.1. The van der Waals surface area contributed by atoms with E-state index in [0.717, 1.165) is 10.4 Å². The van der Waals surface area contributed by atoms with Crippen molar-refractivity contribution in [3.05, 3.63) is 99.9 Å². The number of imide groups is 1. The van der Waals surface area contributed by atoms with Crippen molar-refractivity contribution < 1.29 is 51.3 Å². The predicted molar refractivity (Wildman–Crippen MR) is 168 cm³/mol. The average Bonchev–Trinajstić information content (AvgIpc) is 3.34. The van der Waals surface area contributed by atoms with Gasteiger partial charge in [0.25, 0.3) is 17.7 Å². The van der Waals surface area contributed by atoms with Crippen molar-refractivity contribution in [1.82, 2.24) is 5.06 Å². The highest BCUT2D eigenvalue weighted by Gasteiger charge is 2.52. The van der Waals surface area contributed by atoms with Crippen LogP contribution in [0.4, 0.5) is 23.2 Å². The first kappa shape index (κ1) is 31.5. The van der Waals surface area contributed by atoms with Crippen molar-refractivity contribution in [3.8, 4) is 0 Å². The summed E-state index contributed by atoms with van der Waals surface area (Å²) in [6, 6.07) is 8.96. The lowest BCUT2D eigenvalue weighted by Crippen LogP contribution is -2.57. The van der Waals surface area contributed by atoms with Crippen molar-refractivity contribution in [2.75, 3.05) is 31.1 Å². The second-order valence-corrected chi connectivity index (χ2v) is 16.6. The largest absolute Gasteiger partial charge is 0.478 e. The van der Waals surface area contributed by atoms with E-state index in [9.17, 15) is 41.8 Å². The van der Waals surface area contributed by atoms with Crippen LogP contribution in [0.2, 0.25) is 6.55 Å². The van der Waals surface area contributed by atoms with Crippen LogP contribution in [0.5, 0.6) is 0 Å². The number of carbonyl (C=O) groups excluding carboxylic acids is 3. The number of alkyl halides is 4. The van der Waals surface area contributed by atoms with E-state index in [2.05, 4.69) is 6.58 Å². The number of aromatic carboxylic acids is 1. The van der Waals surface area contributed by atoms with Crippen molar-refractivity contribution in [3.63, 3.8) is 0 Å². The van der Waals surface area contributed by atoms with Gasteiger partial charge in [-0.3, -0.25) is 9.59 Å². The van der Waals surface area contributed by atoms with Crippen LogP contribution < -0.4 is 10.1 Å². The molecule has 0 aromatic heterocycles. The Hall–Kier alpha value is -5.11. The normalized spacial score (nSPS) is 23.6. The molecular weight excluding hydrogens is 650 g/mol. The molecule has 0 bridgehead atoms. The fourth-order valence-electron chi connectivity index (χ4n) is 6.80. The van der Waals surface area contributed by atoms with E-state index in [1.165, 1.54) is 27.7 Å². The summed E-state index contributed by atoms with van der Waals surface area (Å²) in [7, 11) is -2.96. The van der Waals surface area contributed by atoms with E-state index in [1.54, 1.807) is 42.1 Å². The van der Waals surface area contributed by atoms with Gasteiger partial charge in [-0.2, -0.15) is 8.78 Å².